The Morgan fingerprint density at radius 2 is 1.81 bits per heavy atom. The van der Waals surface area contributed by atoms with Crippen LogP contribution in [-0.2, 0) is 9.31 Å². The van der Waals surface area contributed by atoms with Crippen molar-refractivity contribution < 1.29 is 14.0 Å². The average molecular weight is 360 g/mol. The molecule has 0 unspecified atom stereocenters. The normalized spacial score (nSPS) is 17.2. The van der Waals surface area contributed by atoms with Gasteiger partial charge in [-0.25, -0.2) is 4.52 Å². The molecule has 2 aromatic rings. The molecule has 1 fully saturated rings. The zero-order chi connectivity index (χ0) is 18.7. The fourth-order valence-electron chi connectivity index (χ4n) is 2.49. The van der Waals surface area contributed by atoms with Crippen LogP contribution in [0.5, 0.6) is 5.88 Å². The first kappa shape index (κ1) is 22.3. The van der Waals surface area contributed by atoms with E-state index in [1.54, 1.807) is 10.7 Å². The van der Waals surface area contributed by atoms with Crippen LogP contribution in [0.3, 0.4) is 0 Å². The molecule has 0 radical (unpaired) electrons. The fraction of sp³-hybridized carbons (Fsp3) is 0.550. The van der Waals surface area contributed by atoms with E-state index in [-0.39, 0.29) is 18.6 Å². The predicted molar refractivity (Wildman–Crippen MR) is 109 cm³/mol. The van der Waals surface area contributed by atoms with Crippen molar-refractivity contribution in [1.29, 1.82) is 0 Å². The Labute approximate surface area is 158 Å². The number of hydrogen-bond acceptors (Lipinski definition) is 4. The van der Waals surface area contributed by atoms with Crippen molar-refractivity contribution in [3.63, 3.8) is 0 Å². The maximum Gasteiger partial charge on any atom is 0.495 e. The number of nitrogens with zero attached hydrogens (tertiary/aromatic N) is 2. The fourth-order valence-corrected chi connectivity index (χ4v) is 2.49. The van der Waals surface area contributed by atoms with Crippen LogP contribution in [0.25, 0.3) is 5.52 Å². The highest BCUT2D eigenvalue weighted by atomic mass is 16.7. The van der Waals surface area contributed by atoms with Gasteiger partial charge in [0, 0.05) is 6.07 Å². The Balaban J connectivity index is 0.00000109. The number of rotatable bonds is 5. The second kappa shape index (κ2) is 8.74. The third-order valence-corrected chi connectivity index (χ3v) is 4.58. The van der Waals surface area contributed by atoms with Gasteiger partial charge in [0.25, 0.3) is 0 Å². The van der Waals surface area contributed by atoms with E-state index in [1.807, 2.05) is 65.8 Å². The van der Waals surface area contributed by atoms with Gasteiger partial charge in [-0.1, -0.05) is 27.4 Å². The first-order chi connectivity index (χ1) is 11.8. The minimum absolute atomic E-state index is 0. The lowest BCUT2D eigenvalue weighted by Gasteiger charge is -2.32. The monoisotopic (exact) mass is 360 g/mol. The predicted octanol–water partition coefficient (Wildman–Crippen LogP) is 4.25. The molecule has 0 aromatic carbocycles. The van der Waals surface area contributed by atoms with Crippen LogP contribution in [0.2, 0.25) is 0 Å². The van der Waals surface area contributed by atoms with Crippen LogP contribution in [0, 0.1) is 0 Å². The molecule has 1 saturated heterocycles. The number of pyridine rings is 1. The van der Waals surface area contributed by atoms with Crippen LogP contribution in [0.15, 0.2) is 37.1 Å². The molecule has 1 aliphatic heterocycles. The molecular formula is C20H33BN2O3. The van der Waals surface area contributed by atoms with E-state index >= 15 is 0 Å². The summed E-state index contributed by atoms with van der Waals surface area (Å²) in [6.07, 6.45) is 4.37. The summed E-state index contributed by atoms with van der Waals surface area (Å²) < 4.78 is 19.9. The van der Waals surface area contributed by atoms with Crippen molar-refractivity contribution >= 4 is 18.1 Å². The van der Waals surface area contributed by atoms with Crippen molar-refractivity contribution in [1.82, 2.24) is 9.61 Å². The summed E-state index contributed by atoms with van der Waals surface area (Å²) in [7, 11) is -0.415. The smallest absolute Gasteiger partial charge is 0.477 e. The van der Waals surface area contributed by atoms with Crippen molar-refractivity contribution in [2.24, 2.45) is 0 Å². The van der Waals surface area contributed by atoms with E-state index in [0.717, 1.165) is 17.4 Å². The molecule has 0 atom stereocenters. The Hall–Kier alpha value is -1.79. The first-order valence-electron chi connectivity index (χ1n) is 8.91. The molecule has 26 heavy (non-hydrogen) atoms. The maximum absolute atomic E-state index is 6.13. The summed E-state index contributed by atoms with van der Waals surface area (Å²) in [6.45, 7) is 16.5. The minimum atomic E-state index is -0.415. The first-order valence-corrected chi connectivity index (χ1v) is 8.91. The van der Waals surface area contributed by atoms with E-state index < -0.39 is 7.12 Å². The summed E-state index contributed by atoms with van der Waals surface area (Å²) in [5.41, 5.74) is 1.15. The van der Waals surface area contributed by atoms with Gasteiger partial charge >= 0.3 is 7.12 Å². The average Bonchev–Trinajstić information content (AvgIpc) is 3.12. The van der Waals surface area contributed by atoms with E-state index in [9.17, 15) is 0 Å². The summed E-state index contributed by atoms with van der Waals surface area (Å²) >= 11 is 0. The van der Waals surface area contributed by atoms with Crippen molar-refractivity contribution in [2.45, 2.75) is 66.6 Å². The standard InChI is InChI=1S/C17H23BN2O3.C2H6.CH4/c1-6-7-10-21-15-12-13(11-14-8-9-19-20(14)15)18-22-16(2,3)17(4,5)23-18;1-2;/h6,8-9,11-12H,1,7,10H2,2-5H3;1-2H3;1H4. The van der Waals surface area contributed by atoms with Crippen LogP contribution in [0.4, 0.5) is 0 Å². The molecule has 0 bridgehead atoms. The van der Waals surface area contributed by atoms with Gasteiger partial charge in [0.15, 0.2) is 0 Å². The Bertz CT molecular complexity index is 709. The highest BCUT2D eigenvalue weighted by Crippen LogP contribution is 2.36. The SMILES string of the molecule is C.C=CCCOc1cc(B2OC(C)(C)C(C)(C)O2)cc2ccnn12.CC. The quantitative estimate of drug-likeness (QED) is 0.454. The van der Waals surface area contributed by atoms with E-state index in [0.29, 0.717) is 12.5 Å². The minimum Gasteiger partial charge on any atom is -0.477 e. The second-order valence-corrected chi connectivity index (χ2v) is 6.81. The molecule has 144 valence electrons. The van der Waals surface area contributed by atoms with Gasteiger partial charge in [0.1, 0.15) is 0 Å². The zero-order valence-corrected chi connectivity index (χ0v) is 16.2. The van der Waals surface area contributed by atoms with Crippen molar-refractivity contribution in [3.05, 3.63) is 37.1 Å². The molecule has 5 nitrogen and oxygen atoms in total. The highest BCUT2D eigenvalue weighted by molar-refractivity contribution is 6.62. The molecule has 3 heterocycles. The van der Waals surface area contributed by atoms with Gasteiger partial charge in [0.05, 0.1) is 29.5 Å². The molecule has 0 N–H and O–H groups in total. The molecule has 0 aliphatic carbocycles. The molecule has 3 rings (SSSR count). The molecule has 0 amide bonds. The summed E-state index contributed by atoms with van der Waals surface area (Å²) in [5.74, 6) is 0.680. The van der Waals surface area contributed by atoms with Gasteiger partial charge in [-0.2, -0.15) is 5.10 Å². The molecule has 2 aromatic heterocycles. The molecule has 0 saturated carbocycles. The molecule has 1 aliphatic rings. The lowest BCUT2D eigenvalue weighted by atomic mass is 9.79. The van der Waals surface area contributed by atoms with E-state index in [1.165, 1.54) is 0 Å². The topological polar surface area (TPSA) is 45.0 Å². The second-order valence-electron chi connectivity index (χ2n) is 6.81. The largest absolute Gasteiger partial charge is 0.495 e. The summed E-state index contributed by atoms with van der Waals surface area (Å²) in [4.78, 5) is 0. The summed E-state index contributed by atoms with van der Waals surface area (Å²) in [6, 6.07) is 5.90. The van der Waals surface area contributed by atoms with Gasteiger partial charge in [-0.05, 0) is 51.7 Å². The number of hydrogen-bond donors (Lipinski definition) is 0. The van der Waals surface area contributed by atoms with Crippen molar-refractivity contribution in [3.8, 4) is 5.88 Å². The van der Waals surface area contributed by atoms with E-state index in [4.69, 9.17) is 14.0 Å². The summed E-state index contributed by atoms with van der Waals surface area (Å²) in [5, 5.41) is 4.31. The molecule has 0 spiro atoms. The Kier molecular flexibility index (Phi) is 7.48. The van der Waals surface area contributed by atoms with Crippen LogP contribution in [0.1, 0.15) is 55.4 Å². The Morgan fingerprint density at radius 3 is 2.38 bits per heavy atom. The lowest BCUT2D eigenvalue weighted by Crippen LogP contribution is -2.41. The van der Waals surface area contributed by atoms with Gasteiger partial charge < -0.3 is 14.0 Å². The van der Waals surface area contributed by atoms with Crippen LogP contribution in [-0.4, -0.2) is 34.5 Å². The van der Waals surface area contributed by atoms with E-state index in [2.05, 4.69) is 11.7 Å². The third kappa shape index (κ3) is 4.30. The van der Waals surface area contributed by atoms with Crippen LogP contribution < -0.4 is 10.2 Å². The molecular weight excluding hydrogens is 327 g/mol. The van der Waals surface area contributed by atoms with Crippen molar-refractivity contribution in [2.75, 3.05) is 6.61 Å². The number of aromatic nitrogens is 2. The van der Waals surface area contributed by atoms with Gasteiger partial charge in [-0.15, -0.1) is 6.58 Å². The zero-order valence-electron chi connectivity index (χ0n) is 16.2. The third-order valence-electron chi connectivity index (χ3n) is 4.58. The Morgan fingerprint density at radius 1 is 1.19 bits per heavy atom. The van der Waals surface area contributed by atoms with Gasteiger partial charge in [-0.3, -0.25) is 0 Å². The van der Waals surface area contributed by atoms with Crippen LogP contribution >= 0.6 is 0 Å². The van der Waals surface area contributed by atoms with Gasteiger partial charge in [0.2, 0.25) is 5.88 Å². The highest BCUT2D eigenvalue weighted by Gasteiger charge is 2.51. The number of fused-ring (bicyclic) bond motifs is 1. The lowest BCUT2D eigenvalue weighted by molar-refractivity contribution is 0.00578. The number of ether oxygens (including phenoxy) is 1. The maximum atomic E-state index is 6.13. The molecule has 6 heteroatoms.